The van der Waals surface area contributed by atoms with Gasteiger partial charge in [0.1, 0.15) is 116 Å². The van der Waals surface area contributed by atoms with E-state index < -0.39 is 181 Å². The zero-order valence-electron chi connectivity index (χ0n) is 28.4. The molecule has 54 heavy (non-hydrogen) atoms. The van der Waals surface area contributed by atoms with Crippen LogP contribution in [0.2, 0.25) is 0 Å². The lowest BCUT2D eigenvalue weighted by molar-refractivity contribution is -0.384. The van der Waals surface area contributed by atoms with Gasteiger partial charge in [0, 0.05) is 0 Å². The summed E-state index contributed by atoms with van der Waals surface area (Å²) in [5.41, 5.74) is 0. The molecule has 23 atom stereocenters. The summed E-state index contributed by atoms with van der Waals surface area (Å²) in [6, 6.07) is 0. The van der Waals surface area contributed by atoms with Gasteiger partial charge in [0.25, 0.3) is 0 Å². The highest BCUT2D eigenvalue weighted by molar-refractivity contribution is 4.97. The van der Waals surface area contributed by atoms with Gasteiger partial charge in [-0.2, -0.15) is 0 Å². The molecule has 0 aliphatic carbocycles. The monoisotopic (exact) mass is 800 g/mol. The minimum Gasteiger partial charge on any atom is -0.394 e. The maximum atomic E-state index is 11.0. The van der Waals surface area contributed by atoms with Gasteiger partial charge in [-0.15, -0.1) is 0 Å². The lowest BCUT2D eigenvalue weighted by Gasteiger charge is -2.48. The summed E-state index contributed by atoms with van der Waals surface area (Å²) < 4.78 is 43.5. The number of rotatable bonds is 16. The number of ether oxygens (including phenoxy) is 8. The largest absolute Gasteiger partial charge is 0.394 e. The molecule has 0 spiro atoms. The Labute approximate surface area is 305 Å². The van der Waals surface area contributed by atoms with E-state index in [9.17, 15) is 81.7 Å². The summed E-state index contributed by atoms with van der Waals surface area (Å²) in [7, 11) is 0. The molecular weight excluding hydrogens is 748 g/mol. The fraction of sp³-hybridized carbons (Fsp3) is 1.00. The molecule has 23 unspecified atom stereocenters. The van der Waals surface area contributed by atoms with Gasteiger partial charge in [0.05, 0.1) is 39.6 Å². The van der Waals surface area contributed by atoms with Crippen molar-refractivity contribution in [3.63, 3.8) is 0 Å². The first-order valence-electron chi connectivity index (χ1n) is 16.9. The number of hydrogen-bond donors (Lipinski definition) is 17. The first kappa shape index (κ1) is 45.7. The van der Waals surface area contributed by atoms with Crippen LogP contribution >= 0.6 is 0 Å². The van der Waals surface area contributed by atoms with E-state index in [-0.39, 0.29) is 0 Å². The maximum Gasteiger partial charge on any atom is 0.187 e. The van der Waals surface area contributed by atoms with Crippen molar-refractivity contribution in [3.8, 4) is 0 Å². The molecule has 0 aromatic rings. The minimum absolute atomic E-state index is 0.415. The summed E-state index contributed by atoms with van der Waals surface area (Å²) in [4.78, 5) is 0. The summed E-state index contributed by atoms with van der Waals surface area (Å²) in [5, 5.41) is 174. The average Bonchev–Trinajstić information content (AvgIpc) is 3.17. The van der Waals surface area contributed by atoms with Gasteiger partial charge < -0.3 is 125 Å². The Morgan fingerprint density at radius 3 is 1.48 bits per heavy atom. The van der Waals surface area contributed by atoms with Crippen LogP contribution in [0.15, 0.2) is 0 Å². The van der Waals surface area contributed by atoms with Crippen LogP contribution in [0.3, 0.4) is 0 Å². The van der Waals surface area contributed by atoms with Crippen molar-refractivity contribution >= 4 is 0 Å². The second-order valence-electron chi connectivity index (χ2n) is 13.3. The number of hydrogen-bond acceptors (Lipinski definition) is 25. The molecule has 4 aliphatic rings. The van der Waals surface area contributed by atoms with Crippen LogP contribution in [0.5, 0.6) is 0 Å². The van der Waals surface area contributed by atoms with E-state index in [0.29, 0.717) is 0 Å². The average molecular weight is 801 g/mol. The number of aliphatic hydroxyl groups is 17. The van der Waals surface area contributed by atoms with Gasteiger partial charge in [-0.05, 0) is 0 Å². The molecule has 4 heterocycles. The van der Waals surface area contributed by atoms with E-state index >= 15 is 0 Å². The van der Waals surface area contributed by atoms with Crippen LogP contribution in [0, 0.1) is 0 Å². The third-order valence-electron chi connectivity index (χ3n) is 9.55. The summed E-state index contributed by atoms with van der Waals surface area (Å²) in [5.74, 6) is 0. The van der Waals surface area contributed by atoms with Gasteiger partial charge >= 0.3 is 0 Å². The van der Waals surface area contributed by atoms with Crippen LogP contribution < -0.4 is 0 Å². The molecule has 0 radical (unpaired) electrons. The van der Waals surface area contributed by atoms with E-state index in [0.717, 1.165) is 0 Å². The molecule has 0 amide bonds. The van der Waals surface area contributed by atoms with Crippen molar-refractivity contribution in [3.05, 3.63) is 0 Å². The third-order valence-corrected chi connectivity index (χ3v) is 9.55. The Morgan fingerprint density at radius 1 is 0.500 bits per heavy atom. The fourth-order valence-electron chi connectivity index (χ4n) is 6.24. The van der Waals surface area contributed by atoms with Crippen LogP contribution in [-0.4, -0.2) is 268 Å². The van der Waals surface area contributed by atoms with Gasteiger partial charge in [-0.25, -0.2) is 0 Å². The molecule has 4 fully saturated rings. The van der Waals surface area contributed by atoms with E-state index in [2.05, 4.69) is 0 Å². The third kappa shape index (κ3) is 9.99. The van der Waals surface area contributed by atoms with Crippen molar-refractivity contribution in [2.45, 2.75) is 141 Å². The predicted molar refractivity (Wildman–Crippen MR) is 163 cm³/mol. The molecule has 318 valence electrons. The number of aliphatic hydroxyl groups excluding tert-OH is 17. The Balaban J connectivity index is 1.41. The zero-order valence-corrected chi connectivity index (χ0v) is 28.4. The molecule has 4 saturated heterocycles. The molecule has 17 N–H and O–H groups in total. The Kier molecular flexibility index (Phi) is 17.0. The summed E-state index contributed by atoms with van der Waals surface area (Å²) in [6.45, 7) is -5.04. The van der Waals surface area contributed by atoms with Gasteiger partial charge in [-0.1, -0.05) is 0 Å². The summed E-state index contributed by atoms with van der Waals surface area (Å²) in [6.07, 6.45) is -42.4. The molecule has 0 bridgehead atoms. The Hall–Kier alpha value is -1.00. The van der Waals surface area contributed by atoms with E-state index in [1.165, 1.54) is 0 Å². The summed E-state index contributed by atoms with van der Waals surface area (Å²) >= 11 is 0. The predicted octanol–water partition coefficient (Wildman–Crippen LogP) is -11.6. The van der Waals surface area contributed by atoms with Crippen LogP contribution in [-0.2, 0) is 37.9 Å². The fourth-order valence-corrected chi connectivity index (χ4v) is 6.24. The zero-order chi connectivity index (χ0) is 40.2. The Bertz CT molecular complexity index is 1110. The lowest BCUT2D eigenvalue weighted by atomic mass is 9.96. The van der Waals surface area contributed by atoms with E-state index in [1.807, 2.05) is 0 Å². The Morgan fingerprint density at radius 2 is 0.963 bits per heavy atom. The maximum absolute atomic E-state index is 11.0. The SMILES string of the molecule is OCC(O)C(O)C(OC1OC(CO)C(OC2OC(CO)C(OC3OC(COC4OCC(O)C(O)C4O)C(O)C(O)C3O)C(O)C2O)C(O)C1O)C(O)CO. The standard InChI is InChI=1S/C29H52O25/c30-1-7(34)14(38)23(8(35)2-31)52-28-21(45)17(41)25(10(3-32)49-28)54-29-22(46)18(42)24(11(4-33)50-29)53-27-20(44)16(40)15(39)12(51-27)6-48-26-19(43)13(37)9(36)5-47-26/h7-46H,1-6H2. The molecular formula is C29H52O25. The molecule has 25 heteroatoms. The normalized spacial score (nSPS) is 47.2. The molecule has 0 aromatic heterocycles. The van der Waals surface area contributed by atoms with Gasteiger partial charge in [-0.3, -0.25) is 0 Å². The highest BCUT2D eigenvalue weighted by Gasteiger charge is 2.54. The van der Waals surface area contributed by atoms with E-state index in [4.69, 9.17) is 43.0 Å². The van der Waals surface area contributed by atoms with Crippen LogP contribution in [0.4, 0.5) is 0 Å². The molecule has 4 aliphatic heterocycles. The van der Waals surface area contributed by atoms with Crippen molar-refractivity contribution in [2.75, 3.05) is 39.6 Å². The smallest absolute Gasteiger partial charge is 0.187 e. The lowest BCUT2D eigenvalue weighted by Crippen LogP contribution is -2.67. The van der Waals surface area contributed by atoms with Crippen LogP contribution in [0.1, 0.15) is 0 Å². The van der Waals surface area contributed by atoms with Crippen molar-refractivity contribution in [2.24, 2.45) is 0 Å². The first-order valence-corrected chi connectivity index (χ1v) is 16.9. The highest BCUT2D eigenvalue weighted by atomic mass is 16.8. The van der Waals surface area contributed by atoms with Crippen molar-refractivity contribution in [1.82, 2.24) is 0 Å². The second-order valence-corrected chi connectivity index (χ2v) is 13.3. The second kappa shape index (κ2) is 20.1. The van der Waals surface area contributed by atoms with E-state index in [1.54, 1.807) is 0 Å². The molecule has 0 saturated carbocycles. The van der Waals surface area contributed by atoms with Gasteiger partial charge in [0.2, 0.25) is 0 Å². The first-order chi connectivity index (χ1) is 25.5. The minimum atomic E-state index is -2.12. The van der Waals surface area contributed by atoms with Crippen molar-refractivity contribution in [1.29, 1.82) is 0 Å². The van der Waals surface area contributed by atoms with Crippen LogP contribution in [0.25, 0.3) is 0 Å². The quantitative estimate of drug-likeness (QED) is 0.0689. The highest BCUT2D eigenvalue weighted by Crippen LogP contribution is 2.33. The topological polar surface area (TPSA) is 418 Å². The molecule has 0 aromatic carbocycles. The van der Waals surface area contributed by atoms with Crippen molar-refractivity contribution < 1.29 is 125 Å². The molecule has 25 nitrogen and oxygen atoms in total. The van der Waals surface area contributed by atoms with Gasteiger partial charge in [0.15, 0.2) is 25.2 Å². The molecule has 4 rings (SSSR count).